The smallest absolute Gasteiger partial charge is 0.150 e. The van der Waals surface area contributed by atoms with Crippen LogP contribution in [-0.2, 0) is 26.5 Å². The van der Waals surface area contributed by atoms with Crippen LogP contribution < -0.4 is 34.4 Å². The fraction of sp³-hybridized carbons (Fsp3) is 0.0374. The Morgan fingerprint density at radius 3 is 0.333 bits per heavy atom. The summed E-state index contributed by atoms with van der Waals surface area (Å²) >= 11 is 0. The Morgan fingerprint density at radius 2 is 0.233 bits per heavy atom. The Hall–Kier alpha value is -16.0. The van der Waals surface area contributed by atoms with E-state index in [4.69, 9.17) is 39.2 Å². The number of hydrogen-bond donors (Lipinski definition) is 6. The van der Waals surface area contributed by atoms with Gasteiger partial charge in [0.1, 0.15) is 44.5 Å². The van der Waals surface area contributed by atoms with Gasteiger partial charge in [0.25, 0.3) is 0 Å². The average Bonchev–Trinajstić information content (AvgIpc) is 0.743. The zero-order chi connectivity index (χ0) is 84.5. The summed E-state index contributed by atoms with van der Waals surface area (Å²) in [6, 6.07) is 135. The third-order valence-electron chi connectivity index (χ3n) is 21.8. The summed E-state index contributed by atoms with van der Waals surface area (Å²) in [5.41, 5.74) is 58.1. The van der Waals surface area contributed by atoms with Crippen molar-refractivity contribution in [2.45, 2.75) is 21.7 Å². The molecule has 0 unspecified atom stereocenters. The maximum Gasteiger partial charge on any atom is 0.150 e. The van der Waals surface area contributed by atoms with Crippen LogP contribution in [0, 0.1) is 0 Å². The molecule has 12 N–H and O–H groups in total. The van der Waals surface area contributed by atoms with Gasteiger partial charge in [-0.1, -0.05) is 340 Å². The van der Waals surface area contributed by atoms with Crippen molar-refractivity contribution in [3.05, 3.63) is 535 Å². The number of aldehydes is 6. The minimum atomic E-state index is -0.704. The predicted molar refractivity (Wildman–Crippen MR) is 485 cm³/mol. The molecule has 120 heavy (non-hydrogen) atoms. The fourth-order valence-electron chi connectivity index (χ4n) is 16.0. The number of nitrogen functional groups attached to an aromatic ring is 6. The van der Waals surface area contributed by atoms with Gasteiger partial charge in [0.05, 0.1) is 21.7 Å². The predicted octanol–water partition coefficient (Wildman–Crippen LogP) is 20.5. The number of anilines is 6. The van der Waals surface area contributed by atoms with Crippen molar-refractivity contribution >= 4 is 78.6 Å². The molecule has 0 saturated carbocycles. The highest BCUT2D eigenvalue weighted by molar-refractivity contribution is 5.80. The van der Waals surface area contributed by atoms with Crippen LogP contribution >= 0.6 is 0 Å². The SMILES string of the molecule is C=O.Nc1ccc(C(c2ccc(N)cc2)(c2ccc(C=O)cc2)c2ccc(C=O)cc2)cc1.Nc1ccc(C(c2ccc(N)cc2)(c2ccc(C=O)cc2)c2ccc(C=O)cc2)cc1.Nc1ccc(C(c2ccc(N)cc2)(c2ccc(C=O)cc2)c2ccc(C=O)cc2)cc1.c1ccc(C(c2ccccc2)(c2ccccc2)c2ccccc2)cc1. The van der Waals surface area contributed by atoms with Crippen molar-refractivity contribution in [3.63, 3.8) is 0 Å². The second-order valence-corrected chi connectivity index (χ2v) is 28.6. The molecule has 0 radical (unpaired) electrons. The molecule has 0 spiro atoms. The zero-order valence-electron chi connectivity index (χ0n) is 65.8. The Bertz CT molecular complexity index is 5100. The van der Waals surface area contributed by atoms with Crippen LogP contribution in [0.25, 0.3) is 0 Å². The maximum absolute atomic E-state index is 11.3. The molecule has 0 aromatic heterocycles. The van der Waals surface area contributed by atoms with Crippen molar-refractivity contribution in [2.24, 2.45) is 0 Å². The number of carbonyl (C=O) groups is 7. The first-order valence-electron chi connectivity index (χ1n) is 38.7. The molecule has 16 aromatic carbocycles. The lowest BCUT2D eigenvalue weighted by Crippen LogP contribution is -2.31. The molecular weight excluding hydrogens is 1480 g/mol. The van der Waals surface area contributed by atoms with Crippen LogP contribution in [0.4, 0.5) is 34.1 Å². The van der Waals surface area contributed by atoms with Crippen molar-refractivity contribution < 1.29 is 33.6 Å². The van der Waals surface area contributed by atoms with Crippen molar-refractivity contribution in [2.75, 3.05) is 34.4 Å². The molecule has 0 atom stereocenters. The second-order valence-electron chi connectivity index (χ2n) is 28.6. The molecule has 0 heterocycles. The summed E-state index contributed by atoms with van der Waals surface area (Å²) in [5.74, 6) is 0. The number of hydrogen-bond acceptors (Lipinski definition) is 13. The quantitative estimate of drug-likeness (QED) is 0.0209. The van der Waals surface area contributed by atoms with E-state index in [9.17, 15) is 28.8 Å². The first-order valence-corrected chi connectivity index (χ1v) is 38.7. The molecule has 16 rings (SSSR count). The van der Waals surface area contributed by atoms with Crippen LogP contribution in [0.3, 0.4) is 0 Å². The van der Waals surface area contributed by atoms with E-state index in [1.165, 1.54) is 22.3 Å². The lowest BCUT2D eigenvalue weighted by Gasteiger charge is -2.37. The minimum absolute atomic E-state index is 0.328. The first kappa shape index (κ1) is 83.4. The van der Waals surface area contributed by atoms with Gasteiger partial charge in [-0.05, 0) is 162 Å². The van der Waals surface area contributed by atoms with E-state index >= 15 is 0 Å². The molecule has 13 nitrogen and oxygen atoms in total. The highest BCUT2D eigenvalue weighted by Crippen LogP contribution is 2.50. The molecule has 0 amide bonds. The average molecular weight is 1570 g/mol. The van der Waals surface area contributed by atoms with Gasteiger partial charge in [-0.15, -0.1) is 0 Å². The van der Waals surface area contributed by atoms with E-state index in [1.807, 2.05) is 298 Å². The maximum atomic E-state index is 11.3. The summed E-state index contributed by atoms with van der Waals surface area (Å²) in [5, 5.41) is 0. The van der Waals surface area contributed by atoms with Gasteiger partial charge in [-0.25, -0.2) is 0 Å². The highest BCUT2D eigenvalue weighted by Gasteiger charge is 2.43. The van der Waals surface area contributed by atoms with Crippen molar-refractivity contribution in [3.8, 4) is 0 Å². The molecule has 0 fully saturated rings. The van der Waals surface area contributed by atoms with Gasteiger partial charge in [-0.3, -0.25) is 28.8 Å². The van der Waals surface area contributed by atoms with Gasteiger partial charge >= 0.3 is 0 Å². The molecule has 13 heteroatoms. The highest BCUT2D eigenvalue weighted by atomic mass is 16.1. The van der Waals surface area contributed by atoms with E-state index in [0.717, 1.165) is 104 Å². The summed E-state index contributed by atoms with van der Waals surface area (Å²) < 4.78 is 0. The van der Waals surface area contributed by atoms with E-state index in [-0.39, 0.29) is 5.41 Å². The van der Waals surface area contributed by atoms with Gasteiger partial charge in [0, 0.05) is 67.5 Å². The van der Waals surface area contributed by atoms with Crippen LogP contribution in [-0.4, -0.2) is 44.5 Å². The minimum Gasteiger partial charge on any atom is -0.399 e. The molecule has 588 valence electrons. The molecule has 0 saturated heterocycles. The van der Waals surface area contributed by atoms with Crippen LogP contribution in [0.1, 0.15) is 151 Å². The normalized spacial score (nSPS) is 11.0. The van der Waals surface area contributed by atoms with Crippen LogP contribution in [0.15, 0.2) is 413 Å². The monoisotopic (exact) mass is 1570 g/mol. The zero-order valence-corrected chi connectivity index (χ0v) is 65.8. The fourth-order valence-corrected chi connectivity index (χ4v) is 16.0. The topological polar surface area (TPSA) is 276 Å². The lowest BCUT2D eigenvalue weighted by molar-refractivity contribution is -0.0980. The van der Waals surface area contributed by atoms with Gasteiger partial charge in [0.2, 0.25) is 0 Å². The number of benzene rings is 16. The summed E-state index contributed by atoms with van der Waals surface area (Å²) in [6.45, 7) is 2.00. The Morgan fingerprint density at radius 1 is 0.142 bits per heavy atom. The van der Waals surface area contributed by atoms with Crippen LogP contribution in [0.5, 0.6) is 0 Å². The third-order valence-corrected chi connectivity index (χ3v) is 21.8. The number of rotatable bonds is 22. The summed E-state index contributed by atoms with van der Waals surface area (Å²) in [7, 11) is 0. The Kier molecular flexibility index (Phi) is 27.0. The Labute approximate surface area is 698 Å². The summed E-state index contributed by atoms with van der Waals surface area (Å²) in [6.07, 6.45) is 4.98. The van der Waals surface area contributed by atoms with E-state index in [1.54, 1.807) is 0 Å². The largest absolute Gasteiger partial charge is 0.399 e. The van der Waals surface area contributed by atoms with Crippen molar-refractivity contribution in [1.82, 2.24) is 0 Å². The van der Waals surface area contributed by atoms with E-state index in [2.05, 4.69) is 121 Å². The standard InChI is InChI=1S/3C27H22N2O2.C25H20.CH2O/c3*28-25-13-9-23(10-14-25)27(24-11-15-26(29)16-12-24,21-5-1-19(17-30)2-6-21)22-7-3-20(18-31)4-8-22;1-5-13-21(14-6-1)25(22-15-7-2-8-16-22,23-17-9-3-10-18-23)24-19-11-4-12-20-24;1-2/h3*1-18H,28-29H2;1-20H;1H2. The Balaban J connectivity index is 0.000000146. The number of carbonyl (C=O) groups excluding carboxylic acids is 7. The van der Waals surface area contributed by atoms with Crippen LogP contribution in [0.2, 0.25) is 0 Å². The molecule has 0 aliphatic heterocycles. The van der Waals surface area contributed by atoms with Gasteiger partial charge in [0.15, 0.2) is 0 Å². The molecule has 0 aliphatic carbocycles. The molecule has 16 aromatic rings. The molecule has 0 bridgehead atoms. The number of nitrogens with two attached hydrogens (primary N) is 6. The lowest BCUT2D eigenvalue weighted by atomic mass is 9.65. The summed E-state index contributed by atoms with van der Waals surface area (Å²) in [4.78, 5) is 75.6. The second kappa shape index (κ2) is 38.9. The van der Waals surface area contributed by atoms with Gasteiger partial charge < -0.3 is 39.2 Å². The molecular formula is C107H88N6O7. The first-order chi connectivity index (χ1) is 58.6. The van der Waals surface area contributed by atoms with E-state index in [0.29, 0.717) is 67.5 Å². The third kappa shape index (κ3) is 17.5. The molecule has 0 aliphatic rings. The van der Waals surface area contributed by atoms with E-state index < -0.39 is 16.2 Å². The van der Waals surface area contributed by atoms with Gasteiger partial charge in [-0.2, -0.15) is 0 Å². The van der Waals surface area contributed by atoms with Crippen molar-refractivity contribution in [1.29, 1.82) is 0 Å².